The molecular formula is C22H25Cl2N5O5S. The first-order valence-corrected chi connectivity index (χ1v) is 12.3. The molecule has 3 rings (SSSR count). The number of halogens is 2. The molecule has 0 aromatic carbocycles. The zero-order valence-electron chi connectivity index (χ0n) is 19.4. The van der Waals surface area contributed by atoms with E-state index in [-0.39, 0.29) is 40.5 Å². The molecule has 35 heavy (non-hydrogen) atoms. The smallest absolute Gasteiger partial charge is 0.350 e. The number of methoxy groups -OCH3 is 1. The summed E-state index contributed by atoms with van der Waals surface area (Å²) in [6.45, 7) is 4.41. The lowest BCUT2D eigenvalue weighted by atomic mass is 10.0. The number of anilines is 1. The molecule has 2 atom stereocenters. The van der Waals surface area contributed by atoms with Crippen LogP contribution in [0, 0.1) is 19.3 Å². The average Bonchev–Trinajstić information content (AvgIpc) is 3.40. The van der Waals surface area contributed by atoms with Crippen LogP contribution in [0.1, 0.15) is 49.7 Å². The molecule has 0 saturated carbocycles. The third-order valence-corrected chi connectivity index (χ3v) is 7.42. The number of thiazole rings is 1. The van der Waals surface area contributed by atoms with Crippen LogP contribution < -0.4 is 15.5 Å². The van der Waals surface area contributed by atoms with E-state index in [0.717, 1.165) is 11.3 Å². The number of piperidine rings is 1. The van der Waals surface area contributed by atoms with Crippen molar-refractivity contribution in [1.82, 2.24) is 20.6 Å². The van der Waals surface area contributed by atoms with Gasteiger partial charge in [0.15, 0.2) is 10.8 Å². The van der Waals surface area contributed by atoms with E-state index in [1.54, 1.807) is 21.0 Å². The quantitative estimate of drug-likeness (QED) is 0.346. The minimum atomic E-state index is -0.635. The molecule has 0 radical (unpaired) electrons. The number of esters is 1. The first-order chi connectivity index (χ1) is 16.7. The molecule has 2 amide bonds. The molecule has 2 aromatic rings. The maximum atomic E-state index is 12.8. The van der Waals surface area contributed by atoms with Crippen LogP contribution in [0.15, 0.2) is 0 Å². The van der Waals surface area contributed by atoms with Crippen LogP contribution in [-0.4, -0.2) is 73.2 Å². The Morgan fingerprint density at radius 3 is 2.66 bits per heavy atom. The fourth-order valence-corrected chi connectivity index (χ4v) is 5.02. The molecule has 3 heterocycles. The summed E-state index contributed by atoms with van der Waals surface area (Å²) in [5.74, 6) is 0.728. The molecule has 0 aliphatic carbocycles. The normalized spacial score (nSPS) is 17.5. The summed E-state index contributed by atoms with van der Waals surface area (Å²) >= 11 is 13.3. The Balaban J connectivity index is 1.77. The minimum absolute atomic E-state index is 0.000362. The topological polar surface area (TPSA) is 126 Å². The fraction of sp³-hybridized carbons (Fsp3) is 0.455. The van der Waals surface area contributed by atoms with Crippen LogP contribution >= 0.6 is 34.5 Å². The number of aromatic amines is 1. The molecule has 1 aliphatic heterocycles. The van der Waals surface area contributed by atoms with Gasteiger partial charge in [-0.15, -0.1) is 6.42 Å². The number of carbonyl (C=O) groups is 3. The van der Waals surface area contributed by atoms with E-state index in [1.165, 1.54) is 0 Å². The summed E-state index contributed by atoms with van der Waals surface area (Å²) in [7, 11) is 1.54. The Labute approximate surface area is 216 Å². The Morgan fingerprint density at radius 2 is 2.06 bits per heavy atom. The van der Waals surface area contributed by atoms with Gasteiger partial charge in [-0.1, -0.05) is 40.5 Å². The van der Waals surface area contributed by atoms with Gasteiger partial charge in [0.05, 0.1) is 35.3 Å². The molecule has 0 spiro atoms. The van der Waals surface area contributed by atoms with Crippen molar-refractivity contribution < 1.29 is 23.9 Å². The minimum Gasteiger partial charge on any atom is -0.462 e. The molecule has 3 N–H and O–H groups in total. The van der Waals surface area contributed by atoms with E-state index in [9.17, 15) is 14.4 Å². The number of aromatic nitrogens is 2. The van der Waals surface area contributed by atoms with Crippen LogP contribution in [0.2, 0.25) is 10.0 Å². The van der Waals surface area contributed by atoms with Gasteiger partial charge in [0.25, 0.3) is 11.8 Å². The van der Waals surface area contributed by atoms with Gasteiger partial charge in [-0.25, -0.2) is 9.78 Å². The SMILES string of the molecule is C#CCNC(=O)c1nc(N2CC[C@@H](NC(=O)c3[nH]c(C)c(Cl)c3Cl)[C@@H](OC)C2)sc1C(=O)OCC. The molecule has 1 fully saturated rings. The third kappa shape index (κ3) is 5.90. The van der Waals surface area contributed by atoms with Crippen molar-refractivity contribution in [3.63, 3.8) is 0 Å². The van der Waals surface area contributed by atoms with E-state index in [2.05, 4.69) is 26.5 Å². The second-order valence-corrected chi connectivity index (χ2v) is 9.36. The Kier molecular flexibility index (Phi) is 9.02. The molecule has 188 valence electrons. The lowest BCUT2D eigenvalue weighted by Crippen LogP contribution is -2.55. The Morgan fingerprint density at radius 1 is 1.31 bits per heavy atom. The van der Waals surface area contributed by atoms with E-state index in [4.69, 9.17) is 39.1 Å². The van der Waals surface area contributed by atoms with Gasteiger partial charge in [0.1, 0.15) is 10.6 Å². The van der Waals surface area contributed by atoms with Crippen LogP contribution in [0.3, 0.4) is 0 Å². The number of nitrogens with zero attached hydrogens (tertiary/aromatic N) is 2. The highest BCUT2D eigenvalue weighted by atomic mass is 35.5. The number of hydrogen-bond donors (Lipinski definition) is 3. The largest absolute Gasteiger partial charge is 0.462 e. The number of aryl methyl sites for hydroxylation is 1. The number of carbonyl (C=O) groups excluding carboxylic acids is 3. The highest BCUT2D eigenvalue weighted by molar-refractivity contribution is 7.17. The first-order valence-electron chi connectivity index (χ1n) is 10.7. The lowest BCUT2D eigenvalue weighted by Gasteiger charge is -2.37. The van der Waals surface area contributed by atoms with Gasteiger partial charge in [-0.2, -0.15) is 0 Å². The zero-order valence-corrected chi connectivity index (χ0v) is 21.7. The zero-order chi connectivity index (χ0) is 25.7. The van der Waals surface area contributed by atoms with Crippen molar-refractivity contribution in [3.8, 4) is 12.3 Å². The van der Waals surface area contributed by atoms with Crippen LogP contribution in [0.4, 0.5) is 5.13 Å². The number of amides is 2. The second-order valence-electron chi connectivity index (χ2n) is 7.62. The van der Waals surface area contributed by atoms with Crippen molar-refractivity contribution in [3.05, 3.63) is 32.0 Å². The van der Waals surface area contributed by atoms with Crippen LogP contribution in [0.25, 0.3) is 0 Å². The number of ether oxygens (including phenoxy) is 2. The van der Waals surface area contributed by atoms with E-state index < -0.39 is 23.9 Å². The summed E-state index contributed by atoms with van der Waals surface area (Å²) in [5.41, 5.74) is 0.744. The second kappa shape index (κ2) is 11.8. The van der Waals surface area contributed by atoms with Gasteiger partial charge in [-0.05, 0) is 20.3 Å². The van der Waals surface area contributed by atoms with Crippen molar-refractivity contribution in [2.45, 2.75) is 32.4 Å². The van der Waals surface area contributed by atoms with Crippen molar-refractivity contribution in [1.29, 1.82) is 0 Å². The van der Waals surface area contributed by atoms with Crippen molar-refractivity contribution in [2.75, 3.05) is 38.3 Å². The van der Waals surface area contributed by atoms with Crippen molar-refractivity contribution >= 4 is 57.5 Å². The fourth-order valence-electron chi connectivity index (χ4n) is 3.61. The van der Waals surface area contributed by atoms with E-state index >= 15 is 0 Å². The number of H-pyrrole nitrogens is 1. The van der Waals surface area contributed by atoms with Gasteiger partial charge in [0.2, 0.25) is 0 Å². The average molecular weight is 542 g/mol. The van der Waals surface area contributed by atoms with Crippen molar-refractivity contribution in [2.24, 2.45) is 0 Å². The van der Waals surface area contributed by atoms with Crippen LogP contribution in [-0.2, 0) is 9.47 Å². The Hall–Kier alpha value is -2.78. The number of terminal acetylenes is 1. The molecule has 1 saturated heterocycles. The van der Waals surface area contributed by atoms with Gasteiger partial charge in [0, 0.05) is 25.9 Å². The molecule has 2 aromatic heterocycles. The summed E-state index contributed by atoms with van der Waals surface area (Å²) < 4.78 is 10.7. The van der Waals surface area contributed by atoms with Gasteiger partial charge < -0.3 is 30.0 Å². The summed E-state index contributed by atoms with van der Waals surface area (Å²) in [6, 6.07) is -0.315. The standard InChI is InChI=1S/C22H25Cl2N5O5S/c1-5-8-25-19(30)17-18(21(32)34-6-2)35-22(28-17)29-9-7-12(13(10-29)33-4)27-20(31)16-15(24)14(23)11(3)26-16/h1,12-13,26H,6-10H2,2-4H3,(H,25,30)(H,27,31)/t12-,13+/m1/s1. The molecule has 1 aliphatic rings. The molecule has 0 unspecified atom stereocenters. The van der Waals surface area contributed by atoms with Gasteiger partial charge in [-0.3, -0.25) is 9.59 Å². The third-order valence-electron chi connectivity index (χ3n) is 5.37. The van der Waals surface area contributed by atoms with E-state index in [0.29, 0.717) is 35.4 Å². The molecular weight excluding hydrogens is 517 g/mol. The maximum Gasteiger partial charge on any atom is 0.350 e. The number of hydrogen-bond acceptors (Lipinski definition) is 8. The molecule has 10 nitrogen and oxygen atoms in total. The number of nitrogens with one attached hydrogen (secondary N) is 3. The van der Waals surface area contributed by atoms with Gasteiger partial charge >= 0.3 is 5.97 Å². The summed E-state index contributed by atoms with van der Waals surface area (Å²) in [4.78, 5) is 47.0. The lowest BCUT2D eigenvalue weighted by molar-refractivity contribution is 0.0527. The monoisotopic (exact) mass is 541 g/mol. The predicted octanol–water partition coefficient (Wildman–Crippen LogP) is 2.65. The molecule has 13 heteroatoms. The highest BCUT2D eigenvalue weighted by Crippen LogP contribution is 2.31. The summed E-state index contributed by atoms with van der Waals surface area (Å²) in [6.07, 6.45) is 5.33. The van der Waals surface area contributed by atoms with Crippen LogP contribution in [0.5, 0.6) is 0 Å². The Bertz CT molecular complexity index is 1160. The first kappa shape index (κ1) is 26.8. The number of rotatable bonds is 8. The van der Waals surface area contributed by atoms with E-state index in [1.807, 2.05) is 4.90 Å². The highest BCUT2D eigenvalue weighted by Gasteiger charge is 2.34. The predicted molar refractivity (Wildman–Crippen MR) is 134 cm³/mol. The summed E-state index contributed by atoms with van der Waals surface area (Å²) in [5, 5.41) is 6.40. The maximum absolute atomic E-state index is 12.8. The molecule has 0 bridgehead atoms.